The minimum Gasteiger partial charge on any atom is -0.294 e. The molecule has 142 valence electrons. The van der Waals surface area contributed by atoms with Crippen molar-refractivity contribution in [3.05, 3.63) is 94.5 Å². The van der Waals surface area contributed by atoms with Crippen LogP contribution < -0.4 is 0 Å². The van der Waals surface area contributed by atoms with Crippen molar-refractivity contribution in [2.45, 2.75) is 26.2 Å². The zero-order chi connectivity index (χ0) is 20.3. The Morgan fingerprint density at radius 3 is 2.24 bits per heavy atom. The molecule has 0 aromatic heterocycles. The topological polar surface area (TPSA) is 17.1 Å². The van der Waals surface area contributed by atoms with Crippen molar-refractivity contribution in [1.29, 1.82) is 0 Å². The highest BCUT2D eigenvalue weighted by atomic mass is 35.5. The molecule has 4 aromatic carbocycles. The molecular formula is C27H21ClO. The molecule has 0 atom stereocenters. The Morgan fingerprint density at radius 2 is 1.45 bits per heavy atom. The highest BCUT2D eigenvalue weighted by Gasteiger charge is 2.33. The Kier molecular flexibility index (Phi) is 3.94. The van der Waals surface area contributed by atoms with Gasteiger partial charge in [0.1, 0.15) is 0 Å². The van der Waals surface area contributed by atoms with E-state index in [1.807, 2.05) is 12.1 Å². The van der Waals surface area contributed by atoms with Crippen LogP contribution in [-0.2, 0) is 5.41 Å². The number of halogens is 1. The average Bonchev–Trinajstić information content (AvgIpc) is 2.72. The predicted molar refractivity (Wildman–Crippen MR) is 122 cm³/mol. The van der Waals surface area contributed by atoms with Crippen molar-refractivity contribution < 1.29 is 4.79 Å². The van der Waals surface area contributed by atoms with Crippen LogP contribution in [0.3, 0.4) is 0 Å². The van der Waals surface area contributed by atoms with Gasteiger partial charge in [-0.3, -0.25) is 4.79 Å². The van der Waals surface area contributed by atoms with E-state index in [0.29, 0.717) is 10.6 Å². The third-order valence-electron chi connectivity index (χ3n) is 6.26. The lowest BCUT2D eigenvalue weighted by Gasteiger charge is -2.35. The Bertz CT molecular complexity index is 1310. The van der Waals surface area contributed by atoms with Crippen LogP contribution in [0.4, 0.5) is 0 Å². The summed E-state index contributed by atoms with van der Waals surface area (Å²) in [5.41, 5.74) is 7.79. The third-order valence-corrected chi connectivity index (χ3v) is 6.49. The number of Topliss-reactive ketones (excluding diaryl/α,β-unsaturated/α-hetero) is 1. The smallest absolute Gasteiger partial charge is 0.160 e. The minimum absolute atomic E-state index is 0.0219. The Hall–Kier alpha value is -2.90. The molecule has 0 aliphatic heterocycles. The van der Waals surface area contributed by atoms with Crippen molar-refractivity contribution in [2.75, 3.05) is 0 Å². The van der Waals surface area contributed by atoms with Crippen molar-refractivity contribution >= 4 is 28.2 Å². The molecule has 1 aliphatic rings. The number of hydrogen-bond acceptors (Lipinski definition) is 1. The zero-order valence-corrected chi connectivity index (χ0v) is 17.5. The number of hydrogen-bond donors (Lipinski definition) is 0. The van der Waals surface area contributed by atoms with Gasteiger partial charge in [0.25, 0.3) is 0 Å². The van der Waals surface area contributed by atoms with Crippen molar-refractivity contribution in [2.24, 2.45) is 0 Å². The lowest BCUT2D eigenvalue weighted by Crippen LogP contribution is -2.23. The first-order valence-electron chi connectivity index (χ1n) is 9.86. The van der Waals surface area contributed by atoms with Crippen LogP contribution in [0.1, 0.15) is 42.3 Å². The molecule has 0 spiro atoms. The van der Waals surface area contributed by atoms with Crippen molar-refractivity contribution in [3.63, 3.8) is 0 Å². The molecule has 0 heterocycles. The molecule has 0 unspecified atom stereocenters. The number of carbonyl (C=O) groups is 1. The maximum absolute atomic E-state index is 12.3. The molecule has 2 heteroatoms. The van der Waals surface area contributed by atoms with Gasteiger partial charge in [-0.2, -0.15) is 0 Å². The van der Waals surface area contributed by atoms with Crippen LogP contribution in [0.2, 0.25) is 5.02 Å². The highest BCUT2D eigenvalue weighted by Crippen LogP contribution is 2.50. The van der Waals surface area contributed by atoms with E-state index in [4.69, 9.17) is 11.6 Å². The fourth-order valence-corrected chi connectivity index (χ4v) is 5.01. The number of fused-ring (bicyclic) bond motifs is 2. The van der Waals surface area contributed by atoms with Crippen LogP contribution in [0.25, 0.3) is 33.0 Å². The molecule has 0 fully saturated rings. The van der Waals surface area contributed by atoms with E-state index in [-0.39, 0.29) is 11.2 Å². The summed E-state index contributed by atoms with van der Waals surface area (Å²) in [5, 5.41) is 3.03. The Balaban J connectivity index is 1.91. The molecule has 5 rings (SSSR count). The fraction of sp³-hybridized carbons (Fsp3) is 0.148. The quantitative estimate of drug-likeness (QED) is 0.318. The summed E-state index contributed by atoms with van der Waals surface area (Å²) in [6, 6.07) is 25.1. The predicted octanol–water partition coefficient (Wildman–Crippen LogP) is 7.67. The largest absolute Gasteiger partial charge is 0.294 e. The van der Waals surface area contributed by atoms with Gasteiger partial charge in [0, 0.05) is 16.0 Å². The first kappa shape index (κ1) is 18.1. The summed E-state index contributed by atoms with van der Waals surface area (Å²) in [6.07, 6.45) is 0. The molecule has 0 saturated carbocycles. The van der Waals surface area contributed by atoms with Crippen LogP contribution in [0, 0.1) is 0 Å². The first-order valence-corrected chi connectivity index (χ1v) is 10.2. The molecule has 4 aromatic rings. The second-order valence-electron chi connectivity index (χ2n) is 8.31. The molecule has 1 aliphatic carbocycles. The van der Waals surface area contributed by atoms with E-state index in [2.05, 4.69) is 68.4 Å². The standard InChI is InChI=1S/C27H21ClO/c1-16(29)23-15-17(28)11-12-19(23)18-13-14-22-20-7-4-5-9-24(20)27(2,3)25-10-6-8-21(18)26(22)25/h4-15H,1-3H3. The summed E-state index contributed by atoms with van der Waals surface area (Å²) in [5.74, 6) is 0.0219. The van der Waals surface area contributed by atoms with Crippen molar-refractivity contribution in [1.82, 2.24) is 0 Å². The summed E-state index contributed by atoms with van der Waals surface area (Å²) >= 11 is 6.19. The number of ketones is 1. The number of rotatable bonds is 2. The first-order chi connectivity index (χ1) is 13.9. The summed E-state index contributed by atoms with van der Waals surface area (Å²) in [6.45, 7) is 6.18. The molecule has 0 bridgehead atoms. The van der Waals surface area contributed by atoms with E-state index < -0.39 is 0 Å². The lowest BCUT2D eigenvalue weighted by atomic mass is 9.68. The van der Waals surface area contributed by atoms with Crippen LogP contribution in [0.15, 0.2) is 72.8 Å². The summed E-state index contributed by atoms with van der Waals surface area (Å²) in [4.78, 5) is 12.3. The molecule has 29 heavy (non-hydrogen) atoms. The molecular weight excluding hydrogens is 376 g/mol. The average molecular weight is 397 g/mol. The van der Waals surface area contributed by atoms with Gasteiger partial charge in [0.05, 0.1) is 0 Å². The molecule has 0 N–H and O–H groups in total. The van der Waals surface area contributed by atoms with Gasteiger partial charge < -0.3 is 0 Å². The van der Waals surface area contributed by atoms with E-state index in [1.54, 1.807) is 13.0 Å². The van der Waals surface area contributed by atoms with E-state index in [1.165, 1.54) is 33.0 Å². The molecule has 0 radical (unpaired) electrons. The van der Waals surface area contributed by atoms with Gasteiger partial charge in [-0.05, 0) is 63.2 Å². The number of carbonyl (C=O) groups excluding carboxylic acids is 1. The Labute approximate surface area is 176 Å². The number of benzene rings is 4. The van der Waals surface area contributed by atoms with Gasteiger partial charge >= 0.3 is 0 Å². The van der Waals surface area contributed by atoms with Crippen LogP contribution in [-0.4, -0.2) is 5.78 Å². The second kappa shape index (κ2) is 6.30. The summed E-state index contributed by atoms with van der Waals surface area (Å²) in [7, 11) is 0. The van der Waals surface area contributed by atoms with Crippen LogP contribution >= 0.6 is 11.6 Å². The van der Waals surface area contributed by atoms with Crippen molar-refractivity contribution in [3.8, 4) is 22.3 Å². The fourth-order valence-electron chi connectivity index (χ4n) is 4.84. The zero-order valence-electron chi connectivity index (χ0n) is 16.7. The molecule has 1 nitrogen and oxygen atoms in total. The third kappa shape index (κ3) is 2.58. The van der Waals surface area contributed by atoms with Gasteiger partial charge in [0.2, 0.25) is 0 Å². The van der Waals surface area contributed by atoms with E-state index in [0.717, 1.165) is 11.1 Å². The summed E-state index contributed by atoms with van der Waals surface area (Å²) < 4.78 is 0. The molecule has 0 amide bonds. The normalized spacial score (nSPS) is 13.9. The van der Waals surface area contributed by atoms with Gasteiger partial charge in [-0.15, -0.1) is 0 Å². The SMILES string of the molecule is CC(=O)c1cc(Cl)ccc1-c1ccc2c3c(cccc13)C(C)(C)c1ccccc1-2. The van der Waals surface area contributed by atoms with Gasteiger partial charge in [-0.25, -0.2) is 0 Å². The van der Waals surface area contributed by atoms with E-state index >= 15 is 0 Å². The van der Waals surface area contributed by atoms with Gasteiger partial charge in [0.15, 0.2) is 5.78 Å². The highest BCUT2D eigenvalue weighted by molar-refractivity contribution is 6.31. The Morgan fingerprint density at radius 1 is 0.759 bits per heavy atom. The maximum Gasteiger partial charge on any atom is 0.160 e. The molecule has 0 saturated heterocycles. The lowest BCUT2D eigenvalue weighted by molar-refractivity contribution is 0.101. The van der Waals surface area contributed by atoms with Crippen LogP contribution in [0.5, 0.6) is 0 Å². The van der Waals surface area contributed by atoms with Gasteiger partial charge in [-0.1, -0.05) is 86.1 Å². The monoisotopic (exact) mass is 396 g/mol. The van der Waals surface area contributed by atoms with E-state index in [9.17, 15) is 4.79 Å². The second-order valence-corrected chi connectivity index (χ2v) is 8.74. The maximum atomic E-state index is 12.3. The minimum atomic E-state index is -0.0921.